The highest BCUT2D eigenvalue weighted by molar-refractivity contribution is 5.89. The van der Waals surface area contributed by atoms with Crippen LogP contribution in [0.2, 0.25) is 0 Å². The lowest BCUT2D eigenvalue weighted by Crippen LogP contribution is -2.54. The Bertz CT molecular complexity index is 658. The molecule has 2 fully saturated rings. The summed E-state index contributed by atoms with van der Waals surface area (Å²) in [5, 5.41) is 11.9. The lowest BCUT2D eigenvalue weighted by molar-refractivity contribution is -0.140. The highest BCUT2D eigenvalue weighted by atomic mass is 19.1. The Balaban J connectivity index is 1.75. The number of ether oxygens (including phenoxy) is 1. The van der Waals surface area contributed by atoms with Crippen molar-refractivity contribution in [2.45, 2.75) is 31.2 Å². The summed E-state index contributed by atoms with van der Waals surface area (Å²) in [5.74, 6) is -3.74. The van der Waals surface area contributed by atoms with Gasteiger partial charge in [-0.2, -0.15) is 0 Å². The zero-order chi connectivity index (χ0) is 17.3. The maximum Gasteiger partial charge on any atom is 0.307 e. The molecule has 1 aromatic carbocycles. The van der Waals surface area contributed by atoms with E-state index in [1.807, 2.05) is 0 Å². The second-order valence-corrected chi connectivity index (χ2v) is 6.58. The number of benzene rings is 1. The van der Waals surface area contributed by atoms with Gasteiger partial charge >= 0.3 is 5.97 Å². The van der Waals surface area contributed by atoms with E-state index in [1.54, 1.807) is 0 Å². The number of hydrogen-bond acceptors (Lipinski definition) is 3. The van der Waals surface area contributed by atoms with Gasteiger partial charge in [-0.1, -0.05) is 6.07 Å². The summed E-state index contributed by atoms with van der Waals surface area (Å²) in [6.45, 7) is 0.853. The largest absolute Gasteiger partial charge is 0.481 e. The Kier molecular flexibility index (Phi) is 4.54. The SMILES string of the molecule is O=C(O)[C@@H]1C[C@H]1C(=O)NC1(Cc2ccc(F)cc2F)CCOCC1. The van der Waals surface area contributed by atoms with E-state index < -0.39 is 35.0 Å². The van der Waals surface area contributed by atoms with Crippen molar-refractivity contribution in [3.8, 4) is 0 Å². The number of carbonyl (C=O) groups excluding carboxylic acids is 1. The van der Waals surface area contributed by atoms with E-state index in [0.29, 0.717) is 38.0 Å². The van der Waals surface area contributed by atoms with Crippen LogP contribution in [-0.2, 0) is 20.7 Å². The molecule has 2 atom stereocenters. The standard InChI is InChI=1S/C17H19F2NO4/c18-11-2-1-10(14(19)7-11)9-17(3-5-24-6-4-17)20-15(21)12-8-13(12)16(22)23/h1-2,7,12-13H,3-6,8-9H2,(H,20,21)(H,22,23)/t12-,13-/m1/s1. The minimum atomic E-state index is -0.972. The number of carbonyl (C=O) groups is 2. The van der Waals surface area contributed by atoms with Gasteiger partial charge in [0.05, 0.1) is 11.8 Å². The molecule has 1 saturated carbocycles. The summed E-state index contributed by atoms with van der Waals surface area (Å²) in [4.78, 5) is 23.3. The fraction of sp³-hybridized carbons (Fsp3) is 0.529. The summed E-state index contributed by atoms with van der Waals surface area (Å²) in [7, 11) is 0. The van der Waals surface area contributed by atoms with Crippen LogP contribution in [-0.4, -0.2) is 35.7 Å². The van der Waals surface area contributed by atoms with Crippen molar-refractivity contribution in [2.75, 3.05) is 13.2 Å². The van der Waals surface area contributed by atoms with Crippen molar-refractivity contribution in [3.05, 3.63) is 35.4 Å². The van der Waals surface area contributed by atoms with Crippen molar-refractivity contribution in [1.29, 1.82) is 0 Å². The fourth-order valence-corrected chi connectivity index (χ4v) is 3.25. The highest BCUT2D eigenvalue weighted by Gasteiger charge is 2.50. The fourth-order valence-electron chi connectivity index (χ4n) is 3.25. The summed E-state index contributed by atoms with van der Waals surface area (Å²) >= 11 is 0. The van der Waals surface area contributed by atoms with E-state index in [-0.39, 0.29) is 12.3 Å². The second kappa shape index (κ2) is 6.47. The van der Waals surface area contributed by atoms with Crippen LogP contribution in [0.1, 0.15) is 24.8 Å². The molecule has 1 aliphatic heterocycles. The van der Waals surface area contributed by atoms with E-state index in [9.17, 15) is 18.4 Å². The molecule has 24 heavy (non-hydrogen) atoms. The molecule has 130 valence electrons. The monoisotopic (exact) mass is 339 g/mol. The van der Waals surface area contributed by atoms with Crippen LogP contribution in [0.5, 0.6) is 0 Å². The first-order valence-electron chi connectivity index (χ1n) is 7.97. The van der Waals surface area contributed by atoms with Gasteiger partial charge in [0.15, 0.2) is 0 Å². The van der Waals surface area contributed by atoms with E-state index >= 15 is 0 Å². The van der Waals surface area contributed by atoms with Gasteiger partial charge < -0.3 is 15.2 Å². The quantitative estimate of drug-likeness (QED) is 0.859. The first-order valence-corrected chi connectivity index (χ1v) is 7.97. The van der Waals surface area contributed by atoms with E-state index in [0.717, 1.165) is 6.07 Å². The van der Waals surface area contributed by atoms with Gasteiger partial charge in [0.2, 0.25) is 5.91 Å². The van der Waals surface area contributed by atoms with Crippen LogP contribution >= 0.6 is 0 Å². The van der Waals surface area contributed by atoms with Crippen molar-refractivity contribution < 1.29 is 28.2 Å². The van der Waals surface area contributed by atoms with Gasteiger partial charge in [0.1, 0.15) is 11.6 Å². The van der Waals surface area contributed by atoms with Crippen LogP contribution in [0.4, 0.5) is 8.78 Å². The van der Waals surface area contributed by atoms with Crippen molar-refractivity contribution in [2.24, 2.45) is 11.8 Å². The van der Waals surface area contributed by atoms with Gasteiger partial charge in [-0.05, 0) is 37.3 Å². The topological polar surface area (TPSA) is 75.6 Å². The minimum absolute atomic E-state index is 0.221. The molecular formula is C17H19F2NO4. The molecule has 1 aliphatic carbocycles. The smallest absolute Gasteiger partial charge is 0.307 e. The Hall–Kier alpha value is -2.02. The Morgan fingerprint density at radius 1 is 1.25 bits per heavy atom. The second-order valence-electron chi connectivity index (χ2n) is 6.58. The molecule has 1 heterocycles. The number of amides is 1. The first kappa shape index (κ1) is 16.8. The summed E-state index contributed by atoms with van der Waals surface area (Å²) in [6.07, 6.45) is 1.55. The molecular weight excluding hydrogens is 320 g/mol. The third-order valence-corrected chi connectivity index (χ3v) is 4.83. The number of aliphatic carboxylic acids is 1. The lowest BCUT2D eigenvalue weighted by Gasteiger charge is -2.38. The van der Waals surface area contributed by atoms with Crippen LogP contribution in [0, 0.1) is 23.5 Å². The molecule has 0 aromatic heterocycles. The van der Waals surface area contributed by atoms with Crippen molar-refractivity contribution in [3.63, 3.8) is 0 Å². The average molecular weight is 339 g/mol. The summed E-state index contributed by atoms with van der Waals surface area (Å²) in [5.41, 5.74) is -0.371. The summed E-state index contributed by atoms with van der Waals surface area (Å²) < 4.78 is 32.4. The molecule has 1 amide bonds. The van der Waals surface area contributed by atoms with Crippen LogP contribution in [0.15, 0.2) is 18.2 Å². The zero-order valence-corrected chi connectivity index (χ0v) is 13.1. The summed E-state index contributed by atoms with van der Waals surface area (Å²) in [6, 6.07) is 3.39. The van der Waals surface area contributed by atoms with Crippen LogP contribution < -0.4 is 5.32 Å². The molecule has 0 bridgehead atoms. The first-order chi connectivity index (χ1) is 11.4. The molecule has 2 aliphatic rings. The maximum absolute atomic E-state index is 14.0. The van der Waals surface area contributed by atoms with E-state index in [4.69, 9.17) is 9.84 Å². The Labute approximate surface area is 138 Å². The van der Waals surface area contributed by atoms with Crippen molar-refractivity contribution >= 4 is 11.9 Å². The molecule has 1 aromatic rings. The molecule has 5 nitrogen and oxygen atoms in total. The number of halogens is 2. The number of carboxylic acids is 1. The molecule has 7 heteroatoms. The average Bonchev–Trinajstić information content (AvgIpc) is 3.32. The highest BCUT2D eigenvalue weighted by Crippen LogP contribution is 2.40. The number of nitrogens with one attached hydrogen (secondary N) is 1. The van der Waals surface area contributed by atoms with Gasteiger partial charge in [-0.3, -0.25) is 9.59 Å². The van der Waals surface area contributed by atoms with E-state index in [2.05, 4.69) is 5.32 Å². The molecule has 0 radical (unpaired) electrons. The van der Waals surface area contributed by atoms with Gasteiger partial charge in [0, 0.05) is 24.8 Å². The van der Waals surface area contributed by atoms with E-state index in [1.165, 1.54) is 12.1 Å². The van der Waals surface area contributed by atoms with Crippen LogP contribution in [0.25, 0.3) is 0 Å². The molecule has 3 rings (SSSR count). The number of carboxylic acid groups (broad SMARTS) is 1. The number of hydrogen-bond donors (Lipinski definition) is 2. The zero-order valence-electron chi connectivity index (χ0n) is 13.1. The Morgan fingerprint density at radius 2 is 1.96 bits per heavy atom. The normalized spacial score (nSPS) is 25.1. The van der Waals surface area contributed by atoms with Gasteiger partial charge in [0.25, 0.3) is 0 Å². The predicted octanol–water partition coefficient (Wildman–Crippen LogP) is 1.89. The predicted molar refractivity (Wildman–Crippen MR) is 80.2 cm³/mol. The Morgan fingerprint density at radius 3 is 2.54 bits per heavy atom. The molecule has 0 unspecified atom stereocenters. The molecule has 1 saturated heterocycles. The lowest BCUT2D eigenvalue weighted by atomic mass is 9.83. The van der Waals surface area contributed by atoms with Gasteiger partial charge in [-0.15, -0.1) is 0 Å². The third-order valence-electron chi connectivity index (χ3n) is 4.83. The van der Waals surface area contributed by atoms with Crippen LogP contribution in [0.3, 0.4) is 0 Å². The molecule has 2 N–H and O–H groups in total. The third kappa shape index (κ3) is 3.56. The van der Waals surface area contributed by atoms with Crippen molar-refractivity contribution in [1.82, 2.24) is 5.32 Å². The maximum atomic E-state index is 14.0. The molecule has 0 spiro atoms. The van der Waals surface area contributed by atoms with Gasteiger partial charge in [-0.25, -0.2) is 8.78 Å². The number of rotatable bonds is 5. The minimum Gasteiger partial charge on any atom is -0.481 e.